The predicted molar refractivity (Wildman–Crippen MR) is 70.1 cm³/mol. The van der Waals surface area contributed by atoms with Crippen LogP contribution in [0.15, 0.2) is 0 Å². The molecule has 1 heterocycles. The Morgan fingerprint density at radius 1 is 1.60 bits per heavy atom. The van der Waals surface area contributed by atoms with Crippen LogP contribution in [0, 0.1) is 0 Å². The fourth-order valence-electron chi connectivity index (χ4n) is 0.810. The number of nitrogens with one attached hydrogen (secondary N) is 2. The molecular weight excluding hydrogens is 250 g/mol. The number of rotatable bonds is 5. The van der Waals surface area contributed by atoms with Crippen LogP contribution in [-0.4, -0.2) is 34.7 Å². The zero-order valence-electron chi connectivity index (χ0n) is 8.32. The van der Waals surface area contributed by atoms with E-state index >= 15 is 0 Å². The van der Waals surface area contributed by atoms with Gasteiger partial charge in [-0.2, -0.15) is 11.8 Å². The molecular formula is C7H13N5S3. The third kappa shape index (κ3) is 5.14. The highest BCUT2D eigenvalue weighted by Crippen LogP contribution is 2.17. The fraction of sp³-hybridized carbons (Fsp3) is 0.571. The minimum Gasteiger partial charge on any atom is -0.374 e. The summed E-state index contributed by atoms with van der Waals surface area (Å²) in [5.74, 6) is 1.82. The summed E-state index contributed by atoms with van der Waals surface area (Å²) in [6, 6.07) is 0. The number of hydrogen-bond donors (Lipinski definition) is 3. The normalized spacial score (nSPS) is 9.93. The van der Waals surface area contributed by atoms with Crippen LogP contribution in [0.4, 0.5) is 5.13 Å². The Morgan fingerprint density at radius 3 is 3.00 bits per heavy atom. The highest BCUT2D eigenvalue weighted by molar-refractivity contribution is 7.98. The highest BCUT2D eigenvalue weighted by Gasteiger charge is 2.00. The van der Waals surface area contributed by atoms with Gasteiger partial charge in [-0.3, -0.25) is 0 Å². The lowest BCUT2D eigenvalue weighted by atomic mass is 10.7. The maximum Gasteiger partial charge on any atom is 0.203 e. The average Bonchev–Trinajstić information content (AvgIpc) is 2.63. The number of nitrogens with zero attached hydrogens (tertiary/aromatic N) is 2. The lowest BCUT2D eigenvalue weighted by Gasteiger charge is -2.05. The van der Waals surface area contributed by atoms with E-state index in [4.69, 9.17) is 18.0 Å². The zero-order chi connectivity index (χ0) is 11.1. The number of thiocarbonyl (C=S) groups is 1. The van der Waals surface area contributed by atoms with Crippen LogP contribution >= 0.6 is 35.3 Å². The van der Waals surface area contributed by atoms with Gasteiger partial charge in [0.15, 0.2) is 5.11 Å². The molecule has 0 unspecified atom stereocenters. The van der Waals surface area contributed by atoms with Gasteiger partial charge in [0.05, 0.1) is 0 Å². The Morgan fingerprint density at radius 2 is 2.40 bits per heavy atom. The maximum absolute atomic E-state index is 5.46. The second kappa shape index (κ2) is 6.81. The van der Waals surface area contributed by atoms with Crippen LogP contribution in [0.5, 0.6) is 0 Å². The predicted octanol–water partition coefficient (Wildman–Crippen LogP) is 0.447. The molecule has 8 heteroatoms. The minimum absolute atomic E-state index is 0.528. The van der Waals surface area contributed by atoms with Crippen LogP contribution in [-0.2, 0) is 5.75 Å². The lowest BCUT2D eigenvalue weighted by Crippen LogP contribution is -2.33. The molecule has 0 fully saturated rings. The molecule has 0 saturated carbocycles. The minimum atomic E-state index is 0.528. The van der Waals surface area contributed by atoms with Crippen molar-refractivity contribution < 1.29 is 0 Å². The Hall–Kier alpha value is -0.600. The molecule has 0 spiro atoms. The number of thioether (sulfide) groups is 1. The van der Waals surface area contributed by atoms with Crippen molar-refractivity contribution in [2.75, 3.05) is 25.1 Å². The molecule has 84 valence electrons. The molecule has 0 aliphatic carbocycles. The van der Waals surface area contributed by atoms with Gasteiger partial charge in [0.25, 0.3) is 0 Å². The van der Waals surface area contributed by atoms with Gasteiger partial charge in [-0.15, -0.1) is 10.2 Å². The topological polar surface area (TPSA) is 75.9 Å². The first kappa shape index (κ1) is 12.5. The molecule has 4 N–H and O–H groups in total. The van der Waals surface area contributed by atoms with Crippen molar-refractivity contribution in [1.82, 2.24) is 20.8 Å². The molecule has 0 aromatic carbocycles. The molecule has 0 atom stereocenters. The molecule has 0 radical (unpaired) electrons. The molecule has 0 saturated heterocycles. The summed E-state index contributed by atoms with van der Waals surface area (Å²) in [6.07, 6.45) is 0. The molecule has 0 aliphatic heterocycles. The monoisotopic (exact) mass is 263 g/mol. The third-order valence-electron chi connectivity index (χ3n) is 1.47. The average molecular weight is 263 g/mol. The standard InChI is InChI=1S/C7H13N5S3/c1-9-7(13)10-2-3-14-4-5-11-12-6(8)15-5/h2-4H2,1H3,(H2,8,12)(H2,9,10,13). The lowest BCUT2D eigenvalue weighted by molar-refractivity contribution is 0.942. The first-order valence-corrected chi connectivity index (χ1v) is 6.71. The number of nitrogens with two attached hydrogens (primary N) is 1. The molecule has 1 aromatic rings. The number of aromatic nitrogens is 2. The Bertz CT molecular complexity index is 313. The van der Waals surface area contributed by atoms with Gasteiger partial charge < -0.3 is 16.4 Å². The SMILES string of the molecule is CNC(=S)NCCSCc1nnc(N)s1. The van der Waals surface area contributed by atoms with Gasteiger partial charge in [0.1, 0.15) is 5.01 Å². The van der Waals surface area contributed by atoms with Gasteiger partial charge in [-0.25, -0.2) is 0 Å². The van der Waals surface area contributed by atoms with Crippen LogP contribution in [0.3, 0.4) is 0 Å². The Balaban J connectivity index is 2.05. The van der Waals surface area contributed by atoms with Gasteiger partial charge in [-0.1, -0.05) is 11.3 Å². The Labute approximate surface area is 102 Å². The summed E-state index contributed by atoms with van der Waals surface area (Å²) in [5, 5.41) is 15.8. The summed E-state index contributed by atoms with van der Waals surface area (Å²) < 4.78 is 0. The Kier molecular flexibility index (Phi) is 5.66. The second-order valence-electron chi connectivity index (χ2n) is 2.59. The van der Waals surface area contributed by atoms with E-state index in [-0.39, 0.29) is 0 Å². The van der Waals surface area contributed by atoms with Crippen LogP contribution < -0.4 is 16.4 Å². The number of anilines is 1. The second-order valence-corrected chi connectivity index (χ2v) is 5.20. The fourth-order valence-corrected chi connectivity index (χ4v) is 2.43. The van der Waals surface area contributed by atoms with E-state index in [0.717, 1.165) is 23.1 Å². The largest absolute Gasteiger partial charge is 0.374 e. The smallest absolute Gasteiger partial charge is 0.203 e. The summed E-state index contributed by atoms with van der Waals surface area (Å²) in [4.78, 5) is 0. The van der Waals surface area contributed by atoms with E-state index in [2.05, 4.69) is 20.8 Å². The maximum atomic E-state index is 5.46. The van der Waals surface area contributed by atoms with E-state index in [9.17, 15) is 0 Å². The molecule has 5 nitrogen and oxygen atoms in total. The van der Waals surface area contributed by atoms with Crippen molar-refractivity contribution >= 4 is 45.6 Å². The van der Waals surface area contributed by atoms with Crippen molar-refractivity contribution in [2.45, 2.75) is 5.75 Å². The van der Waals surface area contributed by atoms with E-state index in [1.807, 2.05) is 0 Å². The van der Waals surface area contributed by atoms with E-state index in [1.54, 1.807) is 18.8 Å². The third-order valence-corrected chi connectivity index (χ3v) is 3.72. The summed E-state index contributed by atoms with van der Waals surface area (Å²) in [7, 11) is 1.80. The van der Waals surface area contributed by atoms with Gasteiger partial charge >= 0.3 is 0 Å². The number of hydrogen-bond acceptors (Lipinski definition) is 6. The molecule has 1 rings (SSSR count). The first-order valence-electron chi connectivity index (χ1n) is 4.33. The van der Waals surface area contributed by atoms with Crippen molar-refractivity contribution in [3.05, 3.63) is 5.01 Å². The van der Waals surface area contributed by atoms with Crippen molar-refractivity contribution in [1.29, 1.82) is 0 Å². The first-order chi connectivity index (χ1) is 7.22. The van der Waals surface area contributed by atoms with Crippen LogP contribution in [0.2, 0.25) is 0 Å². The molecule has 0 amide bonds. The zero-order valence-corrected chi connectivity index (χ0v) is 10.8. The summed E-state index contributed by atoms with van der Waals surface area (Å²) in [5.41, 5.74) is 5.46. The molecule has 0 aliphatic rings. The van der Waals surface area contributed by atoms with Gasteiger partial charge in [0, 0.05) is 25.1 Å². The summed E-state index contributed by atoms with van der Waals surface area (Å²) in [6.45, 7) is 0.846. The van der Waals surface area contributed by atoms with E-state index in [1.165, 1.54) is 11.3 Å². The highest BCUT2D eigenvalue weighted by atomic mass is 32.2. The van der Waals surface area contributed by atoms with Crippen LogP contribution in [0.1, 0.15) is 5.01 Å². The van der Waals surface area contributed by atoms with Crippen molar-refractivity contribution in [3.8, 4) is 0 Å². The number of nitrogen functional groups attached to an aromatic ring is 1. The van der Waals surface area contributed by atoms with Gasteiger partial charge in [0.2, 0.25) is 5.13 Å². The van der Waals surface area contributed by atoms with Crippen molar-refractivity contribution in [2.24, 2.45) is 0 Å². The van der Waals surface area contributed by atoms with Crippen LogP contribution in [0.25, 0.3) is 0 Å². The van der Waals surface area contributed by atoms with E-state index < -0.39 is 0 Å². The molecule has 0 bridgehead atoms. The summed E-state index contributed by atoms with van der Waals surface area (Å²) >= 11 is 8.14. The van der Waals surface area contributed by atoms with E-state index in [0.29, 0.717) is 10.2 Å². The quantitative estimate of drug-likeness (QED) is 0.526. The van der Waals surface area contributed by atoms with Gasteiger partial charge in [-0.05, 0) is 12.2 Å². The molecule has 1 aromatic heterocycles. The van der Waals surface area contributed by atoms with Crippen molar-refractivity contribution in [3.63, 3.8) is 0 Å². The molecule has 15 heavy (non-hydrogen) atoms.